The quantitative estimate of drug-likeness (QED) is 0.709. The SMILES string of the molecule is CSCCN1CCCN(CCBr)CC1. The summed E-state index contributed by atoms with van der Waals surface area (Å²) >= 11 is 5.46. The van der Waals surface area contributed by atoms with Crippen molar-refractivity contribution in [3.05, 3.63) is 0 Å². The van der Waals surface area contributed by atoms with Gasteiger partial charge in [-0.05, 0) is 25.8 Å². The van der Waals surface area contributed by atoms with Crippen LogP contribution in [-0.4, -0.2) is 66.4 Å². The van der Waals surface area contributed by atoms with Gasteiger partial charge in [0.05, 0.1) is 0 Å². The molecular weight excluding hydrogens is 260 g/mol. The molecule has 0 unspecified atom stereocenters. The molecule has 2 nitrogen and oxygen atoms in total. The maximum absolute atomic E-state index is 3.51. The summed E-state index contributed by atoms with van der Waals surface area (Å²) in [5.41, 5.74) is 0. The molecule has 0 saturated carbocycles. The first-order valence-corrected chi connectivity index (χ1v) is 7.88. The van der Waals surface area contributed by atoms with Gasteiger partial charge in [-0.2, -0.15) is 11.8 Å². The molecule has 1 saturated heterocycles. The van der Waals surface area contributed by atoms with Crippen molar-refractivity contribution in [2.45, 2.75) is 6.42 Å². The lowest BCUT2D eigenvalue weighted by Gasteiger charge is -2.20. The average molecular weight is 281 g/mol. The zero-order valence-electron chi connectivity index (χ0n) is 9.04. The molecule has 1 aliphatic rings. The minimum Gasteiger partial charge on any atom is -0.301 e. The lowest BCUT2D eigenvalue weighted by atomic mass is 10.4. The fourth-order valence-corrected chi connectivity index (χ4v) is 2.75. The van der Waals surface area contributed by atoms with E-state index in [1.165, 1.54) is 51.4 Å². The van der Waals surface area contributed by atoms with Crippen LogP contribution in [0.4, 0.5) is 0 Å². The third-order valence-electron chi connectivity index (χ3n) is 2.69. The first kappa shape index (κ1) is 12.8. The Morgan fingerprint density at radius 2 is 1.71 bits per heavy atom. The zero-order chi connectivity index (χ0) is 10.2. The van der Waals surface area contributed by atoms with Gasteiger partial charge in [0, 0.05) is 37.3 Å². The summed E-state index contributed by atoms with van der Waals surface area (Å²) in [6, 6.07) is 0. The number of halogens is 1. The summed E-state index contributed by atoms with van der Waals surface area (Å²) in [6.45, 7) is 7.55. The van der Waals surface area contributed by atoms with Gasteiger partial charge < -0.3 is 9.80 Å². The standard InChI is InChI=1S/C10H21BrN2S/c1-14-10-9-13-5-2-4-12(6-3-11)7-8-13/h2-10H2,1H3. The Labute approximate surface area is 101 Å². The predicted octanol–water partition coefficient (Wildman–Crippen LogP) is 1.75. The van der Waals surface area contributed by atoms with Crippen LogP contribution in [0.25, 0.3) is 0 Å². The van der Waals surface area contributed by atoms with Gasteiger partial charge in [-0.1, -0.05) is 15.9 Å². The average Bonchev–Trinajstić information content (AvgIpc) is 2.41. The molecular formula is C10H21BrN2S. The summed E-state index contributed by atoms with van der Waals surface area (Å²) in [5, 5.41) is 1.11. The predicted molar refractivity (Wildman–Crippen MR) is 69.7 cm³/mol. The number of nitrogens with zero attached hydrogens (tertiary/aromatic N) is 2. The van der Waals surface area contributed by atoms with Crippen LogP contribution < -0.4 is 0 Å². The molecule has 0 aliphatic carbocycles. The summed E-state index contributed by atoms with van der Waals surface area (Å²) in [7, 11) is 0. The number of hydrogen-bond acceptors (Lipinski definition) is 3. The van der Waals surface area contributed by atoms with Crippen molar-refractivity contribution >= 4 is 27.7 Å². The Kier molecular flexibility index (Phi) is 7.29. The summed E-state index contributed by atoms with van der Waals surface area (Å²) in [5.74, 6) is 1.28. The van der Waals surface area contributed by atoms with Gasteiger partial charge in [0.2, 0.25) is 0 Å². The molecule has 14 heavy (non-hydrogen) atoms. The topological polar surface area (TPSA) is 6.48 Å². The summed E-state index contributed by atoms with van der Waals surface area (Å²) in [4.78, 5) is 5.17. The van der Waals surface area contributed by atoms with E-state index >= 15 is 0 Å². The van der Waals surface area contributed by atoms with E-state index in [9.17, 15) is 0 Å². The van der Waals surface area contributed by atoms with Crippen LogP contribution in [0, 0.1) is 0 Å². The lowest BCUT2D eigenvalue weighted by molar-refractivity contribution is 0.274. The van der Waals surface area contributed by atoms with Gasteiger partial charge in [0.15, 0.2) is 0 Å². The molecule has 1 fully saturated rings. The van der Waals surface area contributed by atoms with Gasteiger partial charge in [-0.25, -0.2) is 0 Å². The molecule has 0 bridgehead atoms. The van der Waals surface area contributed by atoms with E-state index in [1.807, 2.05) is 11.8 Å². The minimum atomic E-state index is 1.11. The van der Waals surface area contributed by atoms with Crippen molar-refractivity contribution in [1.29, 1.82) is 0 Å². The van der Waals surface area contributed by atoms with Crippen molar-refractivity contribution in [3.8, 4) is 0 Å². The molecule has 4 heteroatoms. The Bertz CT molecular complexity index is 146. The third-order valence-corrected chi connectivity index (χ3v) is 3.64. The van der Waals surface area contributed by atoms with Crippen LogP contribution in [-0.2, 0) is 0 Å². The molecule has 1 aliphatic heterocycles. The monoisotopic (exact) mass is 280 g/mol. The number of thioether (sulfide) groups is 1. The fourth-order valence-electron chi connectivity index (χ4n) is 1.81. The molecule has 1 heterocycles. The van der Waals surface area contributed by atoms with Crippen molar-refractivity contribution in [1.82, 2.24) is 9.80 Å². The maximum atomic E-state index is 3.51. The highest BCUT2D eigenvalue weighted by atomic mass is 79.9. The zero-order valence-corrected chi connectivity index (χ0v) is 11.4. The van der Waals surface area contributed by atoms with E-state index in [-0.39, 0.29) is 0 Å². The molecule has 84 valence electrons. The highest BCUT2D eigenvalue weighted by Gasteiger charge is 2.13. The number of alkyl halides is 1. The Morgan fingerprint density at radius 3 is 2.29 bits per heavy atom. The third kappa shape index (κ3) is 5.01. The van der Waals surface area contributed by atoms with Gasteiger partial charge in [0.25, 0.3) is 0 Å². The fraction of sp³-hybridized carbons (Fsp3) is 1.00. The molecule has 0 atom stereocenters. The number of hydrogen-bond donors (Lipinski definition) is 0. The Hall–Kier alpha value is 0.750. The van der Waals surface area contributed by atoms with Crippen LogP contribution in [0.3, 0.4) is 0 Å². The van der Waals surface area contributed by atoms with E-state index in [2.05, 4.69) is 32.0 Å². The van der Waals surface area contributed by atoms with E-state index in [1.54, 1.807) is 0 Å². The van der Waals surface area contributed by atoms with Crippen molar-refractivity contribution < 1.29 is 0 Å². The summed E-state index contributed by atoms with van der Waals surface area (Å²) in [6.07, 6.45) is 3.52. The second-order valence-electron chi connectivity index (χ2n) is 3.72. The van der Waals surface area contributed by atoms with Crippen molar-refractivity contribution in [2.75, 3.05) is 56.6 Å². The highest BCUT2D eigenvalue weighted by Crippen LogP contribution is 2.04. The van der Waals surface area contributed by atoms with E-state index in [0.29, 0.717) is 0 Å². The smallest absolute Gasteiger partial charge is 0.0159 e. The van der Waals surface area contributed by atoms with Gasteiger partial charge in [0.1, 0.15) is 0 Å². The van der Waals surface area contributed by atoms with E-state index < -0.39 is 0 Å². The molecule has 0 aromatic carbocycles. The van der Waals surface area contributed by atoms with Gasteiger partial charge in [-0.3, -0.25) is 0 Å². The Balaban J connectivity index is 2.19. The van der Waals surface area contributed by atoms with E-state index in [4.69, 9.17) is 0 Å². The minimum absolute atomic E-state index is 1.11. The van der Waals surface area contributed by atoms with Crippen molar-refractivity contribution in [2.24, 2.45) is 0 Å². The molecule has 0 amide bonds. The maximum Gasteiger partial charge on any atom is 0.0159 e. The molecule has 1 rings (SSSR count). The van der Waals surface area contributed by atoms with Crippen LogP contribution in [0.15, 0.2) is 0 Å². The largest absolute Gasteiger partial charge is 0.301 e. The van der Waals surface area contributed by atoms with Crippen LogP contribution in [0.5, 0.6) is 0 Å². The van der Waals surface area contributed by atoms with Gasteiger partial charge >= 0.3 is 0 Å². The molecule has 0 aromatic heterocycles. The molecule has 0 spiro atoms. The first-order chi connectivity index (χ1) is 6.86. The van der Waals surface area contributed by atoms with Crippen LogP contribution >= 0.6 is 27.7 Å². The lowest BCUT2D eigenvalue weighted by Crippen LogP contribution is -2.32. The normalized spacial score (nSPS) is 21.0. The van der Waals surface area contributed by atoms with Gasteiger partial charge in [-0.15, -0.1) is 0 Å². The number of rotatable bonds is 5. The second-order valence-corrected chi connectivity index (χ2v) is 5.50. The molecule has 0 aromatic rings. The Morgan fingerprint density at radius 1 is 1.07 bits per heavy atom. The highest BCUT2D eigenvalue weighted by molar-refractivity contribution is 9.09. The first-order valence-electron chi connectivity index (χ1n) is 5.36. The van der Waals surface area contributed by atoms with Crippen LogP contribution in [0.1, 0.15) is 6.42 Å². The van der Waals surface area contributed by atoms with E-state index in [0.717, 1.165) is 5.33 Å². The molecule has 0 radical (unpaired) electrons. The molecule has 0 N–H and O–H groups in total. The summed E-state index contributed by atoms with van der Waals surface area (Å²) < 4.78 is 0. The van der Waals surface area contributed by atoms with Crippen LogP contribution in [0.2, 0.25) is 0 Å². The van der Waals surface area contributed by atoms with Crippen molar-refractivity contribution in [3.63, 3.8) is 0 Å². The second kappa shape index (κ2) is 7.97.